The Morgan fingerprint density at radius 1 is 1.35 bits per heavy atom. The molecular weight excluding hydrogens is 297 g/mol. The van der Waals surface area contributed by atoms with Crippen LogP contribution in [0.2, 0.25) is 5.02 Å². The first-order chi connectivity index (χ1) is 9.67. The van der Waals surface area contributed by atoms with Crippen LogP contribution in [-0.4, -0.2) is 31.6 Å². The molecular formula is C14H21ClFN3S. The molecule has 1 aromatic carbocycles. The standard InChI is InChI=1S/C14H21ClFN3S/c1-17-14(18-7-3-4-8-20-2)19-10-11-5-6-13(16)12(15)9-11/h5-6,9H,3-4,7-8,10H2,1-2H3,(H2,17,18,19). The minimum atomic E-state index is -0.397. The molecule has 0 aromatic heterocycles. The van der Waals surface area contributed by atoms with Gasteiger partial charge in [-0.05, 0) is 42.5 Å². The van der Waals surface area contributed by atoms with Crippen LogP contribution in [0.4, 0.5) is 4.39 Å². The van der Waals surface area contributed by atoms with Gasteiger partial charge in [-0.3, -0.25) is 4.99 Å². The van der Waals surface area contributed by atoms with Crippen LogP contribution in [0.15, 0.2) is 23.2 Å². The number of hydrogen-bond donors (Lipinski definition) is 2. The first-order valence-electron chi connectivity index (χ1n) is 6.54. The first kappa shape index (κ1) is 17.1. The van der Waals surface area contributed by atoms with Gasteiger partial charge < -0.3 is 10.6 Å². The Morgan fingerprint density at radius 2 is 2.15 bits per heavy atom. The summed E-state index contributed by atoms with van der Waals surface area (Å²) in [6, 6.07) is 4.70. The van der Waals surface area contributed by atoms with Crippen molar-refractivity contribution in [3.05, 3.63) is 34.6 Å². The molecule has 20 heavy (non-hydrogen) atoms. The second-order valence-electron chi connectivity index (χ2n) is 4.30. The Hall–Kier alpha value is -0.940. The third-order valence-corrected chi connectivity index (χ3v) is 3.72. The van der Waals surface area contributed by atoms with Gasteiger partial charge in [-0.15, -0.1) is 0 Å². The van der Waals surface area contributed by atoms with Crippen molar-refractivity contribution >= 4 is 29.3 Å². The van der Waals surface area contributed by atoms with Crippen LogP contribution in [0, 0.1) is 5.82 Å². The first-order valence-corrected chi connectivity index (χ1v) is 8.32. The lowest BCUT2D eigenvalue weighted by molar-refractivity contribution is 0.627. The van der Waals surface area contributed by atoms with Crippen LogP contribution >= 0.6 is 23.4 Å². The van der Waals surface area contributed by atoms with Gasteiger partial charge in [0.2, 0.25) is 0 Å². The van der Waals surface area contributed by atoms with Crippen LogP contribution in [0.5, 0.6) is 0 Å². The van der Waals surface area contributed by atoms with Gasteiger partial charge in [0.05, 0.1) is 5.02 Å². The number of nitrogens with zero attached hydrogens (tertiary/aromatic N) is 1. The maximum atomic E-state index is 13.0. The average Bonchev–Trinajstić information content (AvgIpc) is 2.45. The molecule has 0 fully saturated rings. The number of hydrogen-bond acceptors (Lipinski definition) is 2. The van der Waals surface area contributed by atoms with Crippen molar-refractivity contribution in [3.63, 3.8) is 0 Å². The SMILES string of the molecule is CN=C(NCCCCSC)NCc1ccc(F)c(Cl)c1. The molecule has 0 atom stereocenters. The molecule has 0 unspecified atom stereocenters. The second-order valence-corrected chi connectivity index (χ2v) is 5.69. The minimum Gasteiger partial charge on any atom is -0.356 e. The number of unbranched alkanes of at least 4 members (excludes halogenated alkanes) is 1. The highest BCUT2D eigenvalue weighted by molar-refractivity contribution is 7.98. The third-order valence-electron chi connectivity index (χ3n) is 2.74. The number of nitrogens with one attached hydrogen (secondary N) is 2. The maximum Gasteiger partial charge on any atom is 0.191 e. The van der Waals surface area contributed by atoms with E-state index in [1.807, 2.05) is 11.8 Å². The summed E-state index contributed by atoms with van der Waals surface area (Å²) in [6.07, 6.45) is 4.42. The molecule has 0 aliphatic rings. The van der Waals surface area contributed by atoms with Crippen LogP contribution in [0.25, 0.3) is 0 Å². The maximum absolute atomic E-state index is 13.0. The lowest BCUT2D eigenvalue weighted by Crippen LogP contribution is -2.37. The highest BCUT2D eigenvalue weighted by Crippen LogP contribution is 2.15. The van der Waals surface area contributed by atoms with E-state index < -0.39 is 5.82 Å². The molecule has 3 nitrogen and oxygen atoms in total. The summed E-state index contributed by atoms with van der Waals surface area (Å²) in [7, 11) is 1.73. The van der Waals surface area contributed by atoms with Crippen LogP contribution in [0.1, 0.15) is 18.4 Å². The molecule has 112 valence electrons. The summed E-state index contributed by atoms with van der Waals surface area (Å²) in [6.45, 7) is 1.45. The molecule has 2 N–H and O–H groups in total. The zero-order chi connectivity index (χ0) is 14.8. The summed E-state index contributed by atoms with van der Waals surface area (Å²) in [5, 5.41) is 6.57. The fraction of sp³-hybridized carbons (Fsp3) is 0.500. The van der Waals surface area contributed by atoms with Gasteiger partial charge in [0.1, 0.15) is 5.82 Å². The van der Waals surface area contributed by atoms with E-state index >= 15 is 0 Å². The van der Waals surface area contributed by atoms with Gasteiger partial charge in [-0.25, -0.2) is 4.39 Å². The van der Waals surface area contributed by atoms with E-state index in [1.54, 1.807) is 19.2 Å². The fourth-order valence-electron chi connectivity index (χ4n) is 1.63. The summed E-state index contributed by atoms with van der Waals surface area (Å²) >= 11 is 7.60. The van der Waals surface area contributed by atoms with Crippen molar-refractivity contribution in [1.82, 2.24) is 10.6 Å². The number of halogens is 2. The molecule has 1 rings (SSSR count). The lowest BCUT2D eigenvalue weighted by Gasteiger charge is -2.12. The smallest absolute Gasteiger partial charge is 0.191 e. The largest absolute Gasteiger partial charge is 0.356 e. The Labute approximate surface area is 129 Å². The van der Waals surface area contributed by atoms with Gasteiger partial charge in [-0.2, -0.15) is 11.8 Å². The average molecular weight is 318 g/mol. The van der Waals surface area contributed by atoms with E-state index in [1.165, 1.54) is 18.2 Å². The predicted octanol–water partition coefficient (Wildman–Crippen LogP) is 3.29. The van der Waals surface area contributed by atoms with Crippen LogP contribution in [0.3, 0.4) is 0 Å². The third kappa shape index (κ3) is 6.48. The molecule has 0 spiro atoms. The highest BCUT2D eigenvalue weighted by atomic mass is 35.5. The zero-order valence-electron chi connectivity index (χ0n) is 11.9. The number of aliphatic imine (C=N–C) groups is 1. The van der Waals surface area contributed by atoms with Crippen molar-refractivity contribution in [3.8, 4) is 0 Å². The topological polar surface area (TPSA) is 36.4 Å². The molecule has 0 bridgehead atoms. The summed E-state index contributed by atoms with van der Waals surface area (Å²) in [5.41, 5.74) is 0.918. The fourth-order valence-corrected chi connectivity index (χ4v) is 2.33. The summed E-state index contributed by atoms with van der Waals surface area (Å²) in [5.74, 6) is 1.53. The number of rotatable bonds is 7. The van der Waals surface area contributed by atoms with E-state index in [0.717, 1.165) is 24.5 Å². The molecule has 0 amide bonds. The monoisotopic (exact) mass is 317 g/mol. The van der Waals surface area contributed by atoms with E-state index in [-0.39, 0.29) is 5.02 Å². The van der Waals surface area contributed by atoms with Gasteiger partial charge in [-0.1, -0.05) is 17.7 Å². The van der Waals surface area contributed by atoms with Crippen LogP contribution < -0.4 is 10.6 Å². The summed E-state index contributed by atoms with van der Waals surface area (Å²) < 4.78 is 13.0. The zero-order valence-corrected chi connectivity index (χ0v) is 13.5. The Balaban J connectivity index is 2.32. The molecule has 0 radical (unpaired) electrons. The molecule has 0 heterocycles. The predicted molar refractivity (Wildman–Crippen MR) is 87.2 cm³/mol. The molecule has 0 saturated carbocycles. The Kier molecular flexibility index (Phi) is 8.46. The number of benzene rings is 1. The Bertz CT molecular complexity index is 440. The van der Waals surface area contributed by atoms with Gasteiger partial charge in [0.25, 0.3) is 0 Å². The second kappa shape index (κ2) is 9.88. The Morgan fingerprint density at radius 3 is 2.80 bits per heavy atom. The highest BCUT2D eigenvalue weighted by Gasteiger charge is 2.02. The molecule has 0 aliphatic heterocycles. The van der Waals surface area contributed by atoms with E-state index in [2.05, 4.69) is 21.9 Å². The molecule has 0 aliphatic carbocycles. The summed E-state index contributed by atoms with van der Waals surface area (Å²) in [4.78, 5) is 4.14. The van der Waals surface area contributed by atoms with Crippen molar-refractivity contribution in [2.45, 2.75) is 19.4 Å². The quantitative estimate of drug-likeness (QED) is 0.460. The van der Waals surface area contributed by atoms with Gasteiger partial charge in [0, 0.05) is 20.1 Å². The minimum absolute atomic E-state index is 0.143. The van der Waals surface area contributed by atoms with E-state index in [9.17, 15) is 4.39 Å². The van der Waals surface area contributed by atoms with E-state index in [0.29, 0.717) is 6.54 Å². The van der Waals surface area contributed by atoms with Crippen molar-refractivity contribution in [1.29, 1.82) is 0 Å². The molecule has 1 aromatic rings. The van der Waals surface area contributed by atoms with Crippen molar-refractivity contribution in [2.75, 3.05) is 25.6 Å². The number of guanidine groups is 1. The normalized spacial score (nSPS) is 11.5. The van der Waals surface area contributed by atoms with Crippen LogP contribution in [-0.2, 0) is 6.54 Å². The number of thioether (sulfide) groups is 1. The van der Waals surface area contributed by atoms with Gasteiger partial charge >= 0.3 is 0 Å². The molecule has 6 heteroatoms. The molecule has 0 saturated heterocycles. The van der Waals surface area contributed by atoms with Gasteiger partial charge in [0.15, 0.2) is 5.96 Å². The lowest BCUT2D eigenvalue weighted by atomic mass is 10.2. The van der Waals surface area contributed by atoms with E-state index in [4.69, 9.17) is 11.6 Å². The van der Waals surface area contributed by atoms with Crippen molar-refractivity contribution in [2.24, 2.45) is 4.99 Å². The van der Waals surface area contributed by atoms with Crippen molar-refractivity contribution < 1.29 is 4.39 Å².